The zero-order valence-corrected chi connectivity index (χ0v) is 10.4. The molecule has 0 spiro atoms. The molecule has 0 atom stereocenters. The molecule has 96 valence electrons. The summed E-state index contributed by atoms with van der Waals surface area (Å²) in [5, 5.41) is 17.8. The van der Waals surface area contributed by atoms with Crippen LogP contribution in [-0.2, 0) is 0 Å². The van der Waals surface area contributed by atoms with Gasteiger partial charge in [-0.2, -0.15) is 5.10 Å². The molecule has 2 aromatic rings. The number of benzene rings is 1. The van der Waals surface area contributed by atoms with E-state index in [0.29, 0.717) is 11.3 Å². The van der Waals surface area contributed by atoms with Gasteiger partial charge in [-0.15, -0.1) is 0 Å². The Bertz CT molecular complexity index is 636. The Hall–Kier alpha value is -2.58. The molecule has 5 nitrogen and oxygen atoms in total. The van der Waals surface area contributed by atoms with Crippen molar-refractivity contribution < 1.29 is 9.90 Å². The van der Waals surface area contributed by atoms with Crippen LogP contribution in [0.4, 0.5) is 5.69 Å². The first-order valence-corrected chi connectivity index (χ1v) is 5.71. The molecule has 0 bridgehead atoms. The number of aliphatic hydroxyl groups excluding tert-OH is 1. The van der Waals surface area contributed by atoms with Gasteiger partial charge in [-0.3, -0.25) is 9.89 Å². The number of rotatable bonds is 2. The lowest BCUT2D eigenvalue weighted by Gasteiger charge is -2.04. The summed E-state index contributed by atoms with van der Waals surface area (Å²) in [6, 6.07) is 5.26. The molecule has 19 heavy (non-hydrogen) atoms. The van der Waals surface area contributed by atoms with Crippen LogP contribution in [0.5, 0.6) is 0 Å². The molecule has 1 amide bonds. The Balaban J connectivity index is 2.22. The van der Waals surface area contributed by atoms with Gasteiger partial charge in [-0.1, -0.05) is 17.9 Å². The van der Waals surface area contributed by atoms with E-state index in [0.717, 1.165) is 11.1 Å². The molecule has 2 rings (SSSR count). The van der Waals surface area contributed by atoms with E-state index < -0.39 is 0 Å². The van der Waals surface area contributed by atoms with Gasteiger partial charge in [0.25, 0.3) is 5.91 Å². The molecule has 0 saturated heterocycles. The molecule has 1 aromatic carbocycles. The number of aromatic nitrogens is 2. The van der Waals surface area contributed by atoms with E-state index in [1.165, 1.54) is 6.20 Å². The van der Waals surface area contributed by atoms with Gasteiger partial charge in [0, 0.05) is 17.3 Å². The van der Waals surface area contributed by atoms with Crippen LogP contribution >= 0.6 is 0 Å². The number of nitrogens with zero attached hydrogens (tertiary/aromatic N) is 1. The van der Waals surface area contributed by atoms with Crippen LogP contribution in [0.3, 0.4) is 0 Å². The van der Waals surface area contributed by atoms with E-state index in [2.05, 4.69) is 27.4 Å². The van der Waals surface area contributed by atoms with Crippen molar-refractivity contribution in [3.8, 4) is 11.8 Å². The maximum atomic E-state index is 12.0. The Morgan fingerprint density at radius 3 is 3.05 bits per heavy atom. The molecule has 0 aliphatic carbocycles. The fourth-order valence-corrected chi connectivity index (χ4v) is 1.56. The van der Waals surface area contributed by atoms with Gasteiger partial charge >= 0.3 is 0 Å². The third-order valence-electron chi connectivity index (χ3n) is 2.56. The molecular formula is C14H13N3O2. The lowest BCUT2D eigenvalue weighted by Crippen LogP contribution is -2.11. The topological polar surface area (TPSA) is 78.0 Å². The average molecular weight is 255 g/mol. The number of aromatic amines is 1. The number of H-pyrrole nitrogens is 1. The van der Waals surface area contributed by atoms with Gasteiger partial charge in [0.2, 0.25) is 0 Å². The minimum Gasteiger partial charge on any atom is -0.384 e. The third kappa shape index (κ3) is 3.21. The summed E-state index contributed by atoms with van der Waals surface area (Å²) < 4.78 is 0. The van der Waals surface area contributed by atoms with Crippen molar-refractivity contribution in [3.05, 3.63) is 47.3 Å². The molecule has 0 radical (unpaired) electrons. The molecular weight excluding hydrogens is 242 g/mol. The van der Waals surface area contributed by atoms with E-state index in [9.17, 15) is 4.79 Å². The van der Waals surface area contributed by atoms with Crippen molar-refractivity contribution in [2.24, 2.45) is 0 Å². The van der Waals surface area contributed by atoms with Crippen molar-refractivity contribution >= 4 is 11.6 Å². The molecule has 0 aliphatic rings. The molecule has 0 unspecified atom stereocenters. The highest BCUT2D eigenvalue weighted by atomic mass is 16.2. The quantitative estimate of drug-likeness (QED) is 0.708. The number of hydrogen-bond donors (Lipinski definition) is 3. The summed E-state index contributed by atoms with van der Waals surface area (Å²) in [7, 11) is 0. The highest BCUT2D eigenvalue weighted by Crippen LogP contribution is 2.12. The van der Waals surface area contributed by atoms with Crippen LogP contribution in [-0.4, -0.2) is 27.8 Å². The van der Waals surface area contributed by atoms with Gasteiger partial charge in [-0.05, 0) is 24.6 Å². The maximum Gasteiger partial charge on any atom is 0.255 e. The third-order valence-corrected chi connectivity index (χ3v) is 2.56. The van der Waals surface area contributed by atoms with Crippen LogP contribution < -0.4 is 5.32 Å². The van der Waals surface area contributed by atoms with Crippen LogP contribution in [0.25, 0.3) is 0 Å². The molecule has 1 heterocycles. The van der Waals surface area contributed by atoms with Crippen molar-refractivity contribution in [2.75, 3.05) is 11.9 Å². The highest BCUT2D eigenvalue weighted by molar-refractivity contribution is 6.04. The standard InChI is InChI=1S/C14H13N3O2/c1-10-4-5-12(7-11(10)3-2-6-18)14(19)17-13-8-15-16-9-13/h4-5,7-9,18H,6H2,1H3,(H,15,16)(H,17,19). The second kappa shape index (κ2) is 5.85. The number of amides is 1. The fourth-order valence-electron chi connectivity index (χ4n) is 1.56. The number of carbonyl (C=O) groups is 1. The lowest BCUT2D eigenvalue weighted by molar-refractivity contribution is 0.102. The summed E-state index contributed by atoms with van der Waals surface area (Å²) in [5.41, 5.74) is 2.80. The Morgan fingerprint density at radius 2 is 2.37 bits per heavy atom. The van der Waals surface area contributed by atoms with Crippen LogP contribution in [0.2, 0.25) is 0 Å². The largest absolute Gasteiger partial charge is 0.384 e. The Labute approximate surface area is 110 Å². The Kier molecular flexibility index (Phi) is 3.96. The van der Waals surface area contributed by atoms with Crippen LogP contribution in [0.1, 0.15) is 21.5 Å². The number of carbonyl (C=O) groups excluding carboxylic acids is 1. The van der Waals surface area contributed by atoms with Gasteiger partial charge in [0.05, 0.1) is 11.9 Å². The number of aryl methyl sites for hydroxylation is 1. The Morgan fingerprint density at radius 1 is 1.53 bits per heavy atom. The van der Waals surface area contributed by atoms with E-state index in [1.54, 1.807) is 18.3 Å². The molecule has 5 heteroatoms. The number of hydrogen-bond acceptors (Lipinski definition) is 3. The smallest absolute Gasteiger partial charge is 0.255 e. The summed E-state index contributed by atoms with van der Waals surface area (Å²) in [4.78, 5) is 12.0. The van der Waals surface area contributed by atoms with E-state index >= 15 is 0 Å². The fraction of sp³-hybridized carbons (Fsp3) is 0.143. The maximum absolute atomic E-state index is 12.0. The summed E-state index contributed by atoms with van der Waals surface area (Å²) >= 11 is 0. The minimum absolute atomic E-state index is 0.203. The zero-order chi connectivity index (χ0) is 13.7. The normalized spacial score (nSPS) is 9.58. The first-order chi connectivity index (χ1) is 9.20. The monoisotopic (exact) mass is 255 g/mol. The van der Waals surface area contributed by atoms with Gasteiger partial charge < -0.3 is 10.4 Å². The van der Waals surface area contributed by atoms with Crippen molar-refractivity contribution in [2.45, 2.75) is 6.92 Å². The zero-order valence-electron chi connectivity index (χ0n) is 10.4. The summed E-state index contributed by atoms with van der Waals surface area (Å²) in [6.45, 7) is 1.70. The molecule has 1 aromatic heterocycles. The number of anilines is 1. The lowest BCUT2D eigenvalue weighted by atomic mass is 10.0. The van der Waals surface area contributed by atoms with Crippen LogP contribution in [0, 0.1) is 18.8 Å². The van der Waals surface area contributed by atoms with Gasteiger partial charge in [-0.25, -0.2) is 0 Å². The molecule has 0 saturated carbocycles. The van der Waals surface area contributed by atoms with E-state index in [1.807, 2.05) is 13.0 Å². The summed E-state index contributed by atoms with van der Waals surface area (Å²) in [5.74, 6) is 5.17. The van der Waals surface area contributed by atoms with Crippen molar-refractivity contribution in [1.82, 2.24) is 10.2 Å². The highest BCUT2D eigenvalue weighted by Gasteiger charge is 2.08. The van der Waals surface area contributed by atoms with Crippen molar-refractivity contribution in [1.29, 1.82) is 0 Å². The SMILES string of the molecule is Cc1ccc(C(=O)Nc2cn[nH]c2)cc1C#CCO. The first kappa shape index (κ1) is 12.9. The second-order valence-corrected chi connectivity index (χ2v) is 3.93. The molecule has 3 N–H and O–H groups in total. The predicted molar refractivity (Wildman–Crippen MR) is 71.7 cm³/mol. The van der Waals surface area contributed by atoms with E-state index in [-0.39, 0.29) is 12.5 Å². The van der Waals surface area contributed by atoms with Crippen molar-refractivity contribution in [3.63, 3.8) is 0 Å². The van der Waals surface area contributed by atoms with Crippen LogP contribution in [0.15, 0.2) is 30.6 Å². The second-order valence-electron chi connectivity index (χ2n) is 3.93. The average Bonchev–Trinajstić information content (AvgIpc) is 2.90. The number of nitrogens with one attached hydrogen (secondary N) is 2. The first-order valence-electron chi connectivity index (χ1n) is 5.71. The summed E-state index contributed by atoms with van der Waals surface area (Å²) in [6.07, 6.45) is 3.12. The number of aliphatic hydroxyl groups is 1. The van der Waals surface area contributed by atoms with Gasteiger partial charge in [0.1, 0.15) is 6.61 Å². The van der Waals surface area contributed by atoms with E-state index in [4.69, 9.17) is 5.11 Å². The molecule has 0 aliphatic heterocycles. The molecule has 0 fully saturated rings. The minimum atomic E-state index is -0.228. The predicted octanol–water partition coefficient (Wildman–Crippen LogP) is 1.31. The van der Waals surface area contributed by atoms with Gasteiger partial charge in [0.15, 0.2) is 0 Å².